The summed E-state index contributed by atoms with van der Waals surface area (Å²) >= 11 is 6.01. The fourth-order valence-electron chi connectivity index (χ4n) is 3.78. The molecular weight excluding hydrogens is 242 g/mol. The van der Waals surface area contributed by atoms with Gasteiger partial charge in [-0.2, -0.15) is 0 Å². The predicted molar refractivity (Wildman–Crippen MR) is 75.1 cm³/mol. The Kier molecular flexibility index (Phi) is 2.35. The van der Waals surface area contributed by atoms with Crippen LogP contribution in [0.1, 0.15) is 44.1 Å². The van der Waals surface area contributed by atoms with E-state index in [0.29, 0.717) is 5.41 Å². The topological polar surface area (TPSA) is 12.0 Å². The van der Waals surface area contributed by atoms with Gasteiger partial charge in [-0.1, -0.05) is 23.7 Å². The monoisotopic (exact) mass is 261 g/mol. The number of nitrogens with one attached hydrogen (secondary N) is 1. The van der Waals surface area contributed by atoms with E-state index in [-0.39, 0.29) is 0 Å². The van der Waals surface area contributed by atoms with Crippen LogP contribution in [-0.4, -0.2) is 12.6 Å². The quantitative estimate of drug-likeness (QED) is 0.867. The molecule has 1 aromatic carbocycles. The summed E-state index contributed by atoms with van der Waals surface area (Å²) in [6.45, 7) is 1.17. The molecule has 0 unspecified atom stereocenters. The van der Waals surface area contributed by atoms with Gasteiger partial charge in [0.15, 0.2) is 0 Å². The van der Waals surface area contributed by atoms with Crippen molar-refractivity contribution >= 4 is 11.6 Å². The molecule has 0 atom stereocenters. The summed E-state index contributed by atoms with van der Waals surface area (Å²) in [4.78, 5) is 0. The third-order valence-electron chi connectivity index (χ3n) is 5.15. The molecule has 96 valence electrons. The molecule has 3 aliphatic carbocycles. The second kappa shape index (κ2) is 3.74. The van der Waals surface area contributed by atoms with E-state index in [2.05, 4.69) is 17.4 Å². The van der Waals surface area contributed by atoms with Gasteiger partial charge in [-0.3, -0.25) is 0 Å². The maximum absolute atomic E-state index is 6.01. The van der Waals surface area contributed by atoms with Crippen molar-refractivity contribution in [2.75, 3.05) is 6.54 Å². The molecule has 2 heteroatoms. The summed E-state index contributed by atoms with van der Waals surface area (Å²) in [6.07, 6.45) is 8.46. The second-order valence-electron chi connectivity index (χ2n) is 6.80. The van der Waals surface area contributed by atoms with Gasteiger partial charge in [0.25, 0.3) is 0 Å². The molecule has 3 aliphatic rings. The Labute approximate surface area is 114 Å². The van der Waals surface area contributed by atoms with Crippen LogP contribution in [0.3, 0.4) is 0 Å². The predicted octanol–water partition coefficient (Wildman–Crippen LogP) is 3.90. The van der Waals surface area contributed by atoms with E-state index < -0.39 is 0 Å². The number of hydrogen-bond acceptors (Lipinski definition) is 1. The molecule has 1 nitrogen and oxygen atoms in total. The van der Waals surface area contributed by atoms with Crippen LogP contribution in [0, 0.1) is 5.41 Å². The Morgan fingerprint density at radius 2 is 1.78 bits per heavy atom. The Hall–Kier alpha value is -0.530. The molecule has 0 aromatic heterocycles. The van der Waals surface area contributed by atoms with Gasteiger partial charge in [-0.05, 0) is 61.6 Å². The molecular formula is C16H20ClN. The summed E-state index contributed by atoms with van der Waals surface area (Å²) in [5, 5.41) is 4.60. The highest BCUT2D eigenvalue weighted by Gasteiger charge is 2.61. The van der Waals surface area contributed by atoms with Gasteiger partial charge in [-0.15, -0.1) is 0 Å². The summed E-state index contributed by atoms with van der Waals surface area (Å²) < 4.78 is 0. The summed E-state index contributed by atoms with van der Waals surface area (Å²) in [6, 6.07) is 9.39. The molecule has 0 heterocycles. The molecule has 1 spiro atoms. The minimum absolute atomic E-state index is 0.406. The van der Waals surface area contributed by atoms with Crippen LogP contribution < -0.4 is 5.32 Å². The molecule has 0 amide bonds. The van der Waals surface area contributed by atoms with Crippen LogP contribution in [0.25, 0.3) is 0 Å². The van der Waals surface area contributed by atoms with E-state index in [4.69, 9.17) is 11.6 Å². The van der Waals surface area contributed by atoms with Crippen LogP contribution in [0.2, 0.25) is 5.02 Å². The molecule has 3 saturated carbocycles. The van der Waals surface area contributed by atoms with Gasteiger partial charge in [0.05, 0.1) is 0 Å². The molecule has 18 heavy (non-hydrogen) atoms. The Bertz CT molecular complexity index is 448. The van der Waals surface area contributed by atoms with Crippen LogP contribution >= 0.6 is 11.6 Å². The van der Waals surface area contributed by atoms with E-state index in [0.717, 1.165) is 16.5 Å². The molecule has 0 radical (unpaired) electrons. The van der Waals surface area contributed by atoms with Crippen molar-refractivity contribution in [2.24, 2.45) is 5.41 Å². The smallest absolute Gasteiger partial charge is 0.0406 e. The first-order valence-corrected chi connectivity index (χ1v) is 7.57. The third-order valence-corrected chi connectivity index (χ3v) is 5.40. The minimum atomic E-state index is 0.406. The number of rotatable bonds is 4. The van der Waals surface area contributed by atoms with Crippen molar-refractivity contribution in [1.29, 1.82) is 0 Å². The maximum Gasteiger partial charge on any atom is 0.0406 e. The first-order valence-electron chi connectivity index (χ1n) is 7.19. The fraction of sp³-hybridized carbons (Fsp3) is 0.625. The van der Waals surface area contributed by atoms with Crippen molar-refractivity contribution in [3.8, 4) is 0 Å². The molecule has 0 saturated heterocycles. The first-order chi connectivity index (χ1) is 8.70. The van der Waals surface area contributed by atoms with E-state index in [1.807, 2.05) is 12.1 Å². The molecule has 4 rings (SSSR count). The maximum atomic E-state index is 6.01. The zero-order chi connectivity index (χ0) is 12.2. The van der Waals surface area contributed by atoms with Crippen molar-refractivity contribution in [3.63, 3.8) is 0 Å². The lowest BCUT2D eigenvalue weighted by molar-refractivity contribution is 0.116. The van der Waals surface area contributed by atoms with Crippen LogP contribution in [-0.2, 0) is 5.41 Å². The SMILES string of the molecule is Clc1ccc(C2(CNC3CC3)CC3(CC3)C2)cc1. The first kappa shape index (κ1) is 11.3. The summed E-state index contributed by atoms with van der Waals surface area (Å²) in [5.74, 6) is 0. The molecule has 3 fully saturated rings. The highest BCUT2D eigenvalue weighted by atomic mass is 35.5. The average Bonchev–Trinajstić information content (AvgIpc) is 3.20. The van der Waals surface area contributed by atoms with Crippen LogP contribution in [0.4, 0.5) is 0 Å². The van der Waals surface area contributed by atoms with Gasteiger partial charge < -0.3 is 5.32 Å². The third kappa shape index (κ3) is 1.88. The standard InChI is InChI=1S/C16H20ClN/c17-13-3-1-12(2-4-13)16(11-18-14-5-6-14)9-15(10-16)7-8-15/h1-4,14,18H,5-11H2. The Morgan fingerprint density at radius 3 is 2.33 bits per heavy atom. The van der Waals surface area contributed by atoms with E-state index in [9.17, 15) is 0 Å². The van der Waals surface area contributed by atoms with Gasteiger partial charge in [0, 0.05) is 23.0 Å². The second-order valence-corrected chi connectivity index (χ2v) is 7.23. The number of benzene rings is 1. The van der Waals surface area contributed by atoms with Crippen molar-refractivity contribution < 1.29 is 0 Å². The van der Waals surface area contributed by atoms with Gasteiger partial charge in [-0.25, -0.2) is 0 Å². The lowest BCUT2D eigenvalue weighted by Crippen LogP contribution is -2.50. The number of halogens is 1. The summed E-state index contributed by atoms with van der Waals surface area (Å²) in [5.41, 5.74) is 2.65. The van der Waals surface area contributed by atoms with E-state index in [1.165, 1.54) is 50.6 Å². The van der Waals surface area contributed by atoms with Crippen LogP contribution in [0.5, 0.6) is 0 Å². The lowest BCUT2D eigenvalue weighted by atomic mass is 9.56. The molecule has 1 aromatic rings. The average molecular weight is 262 g/mol. The van der Waals surface area contributed by atoms with E-state index in [1.54, 1.807) is 0 Å². The van der Waals surface area contributed by atoms with Gasteiger partial charge in [0.1, 0.15) is 0 Å². The van der Waals surface area contributed by atoms with Crippen molar-refractivity contribution in [1.82, 2.24) is 5.32 Å². The highest BCUT2D eigenvalue weighted by Crippen LogP contribution is 2.68. The zero-order valence-corrected chi connectivity index (χ0v) is 11.5. The molecule has 0 aliphatic heterocycles. The summed E-state index contributed by atoms with van der Waals surface area (Å²) in [7, 11) is 0. The Balaban J connectivity index is 1.55. The fourth-order valence-corrected chi connectivity index (χ4v) is 3.90. The minimum Gasteiger partial charge on any atom is -0.313 e. The number of hydrogen-bond donors (Lipinski definition) is 1. The normalized spacial score (nSPS) is 26.9. The zero-order valence-electron chi connectivity index (χ0n) is 10.7. The van der Waals surface area contributed by atoms with Crippen molar-refractivity contribution in [3.05, 3.63) is 34.9 Å². The van der Waals surface area contributed by atoms with Crippen molar-refractivity contribution in [2.45, 2.75) is 50.0 Å². The van der Waals surface area contributed by atoms with Crippen LogP contribution in [0.15, 0.2) is 24.3 Å². The molecule has 0 bridgehead atoms. The Morgan fingerprint density at radius 1 is 1.11 bits per heavy atom. The highest BCUT2D eigenvalue weighted by molar-refractivity contribution is 6.30. The largest absolute Gasteiger partial charge is 0.313 e. The lowest BCUT2D eigenvalue weighted by Gasteiger charge is -2.49. The van der Waals surface area contributed by atoms with E-state index >= 15 is 0 Å². The van der Waals surface area contributed by atoms with Gasteiger partial charge >= 0.3 is 0 Å². The van der Waals surface area contributed by atoms with Gasteiger partial charge in [0.2, 0.25) is 0 Å². The molecule has 1 N–H and O–H groups in total.